The van der Waals surface area contributed by atoms with Crippen LogP contribution >= 0.6 is 0 Å². The third-order valence-electron chi connectivity index (χ3n) is 2.83. The molecule has 0 spiro atoms. The van der Waals surface area contributed by atoms with E-state index in [1.54, 1.807) is 17.7 Å². The van der Waals surface area contributed by atoms with Crippen LogP contribution in [-0.4, -0.2) is 10.6 Å². The van der Waals surface area contributed by atoms with Crippen LogP contribution in [-0.2, 0) is 7.05 Å². The second kappa shape index (κ2) is 3.48. The quantitative estimate of drug-likeness (QED) is 0.772. The van der Waals surface area contributed by atoms with Gasteiger partial charge in [-0.05, 0) is 24.8 Å². The second-order valence-corrected chi connectivity index (χ2v) is 4.28. The largest absolute Gasteiger partial charge is 0.381 e. The molecule has 0 amide bonds. The molecule has 1 aliphatic rings. The number of pyridine rings is 1. The minimum Gasteiger partial charge on any atom is -0.381 e. The van der Waals surface area contributed by atoms with Crippen molar-refractivity contribution in [3.63, 3.8) is 0 Å². The third-order valence-corrected chi connectivity index (χ3v) is 2.83. The summed E-state index contributed by atoms with van der Waals surface area (Å²) in [5, 5.41) is 3.42. The van der Waals surface area contributed by atoms with E-state index in [1.165, 1.54) is 12.8 Å². The van der Waals surface area contributed by atoms with Gasteiger partial charge in [-0.25, -0.2) is 0 Å². The first-order valence-corrected chi connectivity index (χ1v) is 5.08. The highest BCUT2D eigenvalue weighted by molar-refractivity contribution is 5.41. The molecular formula is C11H16N2O. The number of aromatic nitrogens is 1. The Hall–Kier alpha value is -1.25. The zero-order valence-corrected chi connectivity index (χ0v) is 8.66. The fourth-order valence-corrected chi connectivity index (χ4v) is 1.94. The van der Waals surface area contributed by atoms with Gasteiger partial charge in [0, 0.05) is 25.4 Å². The van der Waals surface area contributed by atoms with Crippen molar-refractivity contribution < 1.29 is 0 Å². The van der Waals surface area contributed by atoms with Gasteiger partial charge in [-0.15, -0.1) is 0 Å². The van der Waals surface area contributed by atoms with Crippen molar-refractivity contribution in [2.75, 3.05) is 5.32 Å². The maximum atomic E-state index is 11.1. The number of nitrogens with zero attached hydrogens (tertiary/aromatic N) is 1. The molecule has 1 aromatic rings. The Morgan fingerprint density at radius 2 is 2.14 bits per heavy atom. The Bertz CT molecular complexity index is 377. The smallest absolute Gasteiger partial charge is 0.250 e. The lowest BCUT2D eigenvalue weighted by atomic mass is 9.82. The fourth-order valence-electron chi connectivity index (χ4n) is 1.94. The van der Waals surface area contributed by atoms with Gasteiger partial charge in [-0.1, -0.05) is 6.92 Å². The summed E-state index contributed by atoms with van der Waals surface area (Å²) in [5.41, 5.74) is 1.08. The van der Waals surface area contributed by atoms with Gasteiger partial charge < -0.3 is 9.88 Å². The molecule has 3 heteroatoms. The molecule has 1 fully saturated rings. The maximum Gasteiger partial charge on any atom is 0.250 e. The van der Waals surface area contributed by atoms with Gasteiger partial charge in [0.05, 0.1) is 5.69 Å². The molecule has 1 N–H and O–H groups in total. The van der Waals surface area contributed by atoms with E-state index >= 15 is 0 Å². The van der Waals surface area contributed by atoms with E-state index < -0.39 is 0 Å². The maximum absolute atomic E-state index is 11.1. The van der Waals surface area contributed by atoms with Gasteiger partial charge in [-0.2, -0.15) is 0 Å². The summed E-state index contributed by atoms with van der Waals surface area (Å²) >= 11 is 0. The van der Waals surface area contributed by atoms with Gasteiger partial charge in [0.15, 0.2) is 0 Å². The molecule has 0 aromatic carbocycles. The van der Waals surface area contributed by atoms with Crippen LogP contribution in [0.25, 0.3) is 0 Å². The van der Waals surface area contributed by atoms with E-state index in [0.29, 0.717) is 6.04 Å². The molecule has 1 saturated carbocycles. The van der Waals surface area contributed by atoms with E-state index in [-0.39, 0.29) is 5.56 Å². The molecule has 0 bridgehead atoms. The van der Waals surface area contributed by atoms with Crippen molar-refractivity contribution in [3.8, 4) is 0 Å². The molecule has 0 saturated heterocycles. The average molecular weight is 192 g/mol. The SMILES string of the molecule is CC1CC(Nc2ccc(=O)n(C)c2)C1. The number of hydrogen-bond acceptors (Lipinski definition) is 2. The first-order valence-electron chi connectivity index (χ1n) is 5.08. The molecule has 2 rings (SSSR count). The van der Waals surface area contributed by atoms with Crippen molar-refractivity contribution in [3.05, 3.63) is 28.7 Å². The summed E-state index contributed by atoms with van der Waals surface area (Å²) in [4.78, 5) is 11.1. The van der Waals surface area contributed by atoms with E-state index in [1.807, 2.05) is 12.3 Å². The van der Waals surface area contributed by atoms with Gasteiger partial charge in [0.2, 0.25) is 5.56 Å². The van der Waals surface area contributed by atoms with Crippen molar-refractivity contribution >= 4 is 5.69 Å². The summed E-state index contributed by atoms with van der Waals surface area (Å²) in [7, 11) is 1.77. The Kier molecular flexibility index (Phi) is 2.32. The number of anilines is 1. The lowest BCUT2D eigenvalue weighted by Gasteiger charge is -2.34. The summed E-state index contributed by atoms with van der Waals surface area (Å²) < 4.78 is 1.60. The van der Waals surface area contributed by atoms with Gasteiger partial charge in [0.25, 0.3) is 0 Å². The van der Waals surface area contributed by atoms with Crippen LogP contribution < -0.4 is 10.9 Å². The molecule has 1 aliphatic carbocycles. The predicted molar refractivity (Wildman–Crippen MR) is 57.5 cm³/mol. The van der Waals surface area contributed by atoms with Gasteiger partial charge in [0.1, 0.15) is 0 Å². The highest BCUT2D eigenvalue weighted by atomic mass is 16.1. The topological polar surface area (TPSA) is 34.0 Å². The van der Waals surface area contributed by atoms with Crippen LogP contribution in [0.1, 0.15) is 19.8 Å². The lowest BCUT2D eigenvalue weighted by molar-refractivity contribution is 0.309. The molecule has 0 unspecified atom stereocenters. The predicted octanol–water partition coefficient (Wildman–Crippen LogP) is 1.60. The summed E-state index contributed by atoms with van der Waals surface area (Å²) in [6.07, 6.45) is 4.33. The monoisotopic (exact) mass is 192 g/mol. The van der Waals surface area contributed by atoms with Crippen LogP contribution in [0.15, 0.2) is 23.1 Å². The van der Waals surface area contributed by atoms with Gasteiger partial charge >= 0.3 is 0 Å². The third kappa shape index (κ3) is 1.81. The Morgan fingerprint density at radius 3 is 2.71 bits per heavy atom. The zero-order chi connectivity index (χ0) is 10.1. The first kappa shape index (κ1) is 9.31. The fraction of sp³-hybridized carbons (Fsp3) is 0.545. The molecule has 0 radical (unpaired) electrons. The number of hydrogen-bond donors (Lipinski definition) is 1. The zero-order valence-electron chi connectivity index (χ0n) is 8.66. The van der Waals surface area contributed by atoms with E-state index in [2.05, 4.69) is 12.2 Å². The highest BCUT2D eigenvalue weighted by Gasteiger charge is 2.24. The Morgan fingerprint density at radius 1 is 1.43 bits per heavy atom. The molecule has 3 nitrogen and oxygen atoms in total. The molecular weight excluding hydrogens is 176 g/mol. The van der Waals surface area contributed by atoms with Crippen molar-refractivity contribution in [1.29, 1.82) is 0 Å². The first-order chi connectivity index (χ1) is 6.65. The van der Waals surface area contributed by atoms with Crippen LogP contribution in [0.4, 0.5) is 5.69 Å². The molecule has 14 heavy (non-hydrogen) atoms. The summed E-state index contributed by atoms with van der Waals surface area (Å²) in [6, 6.07) is 4.05. The molecule has 1 aromatic heterocycles. The molecule has 1 heterocycles. The normalized spacial score (nSPS) is 25.6. The summed E-state index contributed by atoms with van der Waals surface area (Å²) in [6.45, 7) is 2.26. The van der Waals surface area contributed by atoms with Crippen molar-refractivity contribution in [2.24, 2.45) is 13.0 Å². The second-order valence-electron chi connectivity index (χ2n) is 4.28. The van der Waals surface area contributed by atoms with Crippen LogP contribution in [0, 0.1) is 5.92 Å². The van der Waals surface area contributed by atoms with Crippen LogP contribution in [0.5, 0.6) is 0 Å². The van der Waals surface area contributed by atoms with E-state index in [9.17, 15) is 4.79 Å². The van der Waals surface area contributed by atoms with Crippen LogP contribution in [0.2, 0.25) is 0 Å². The Balaban J connectivity index is 2.03. The van der Waals surface area contributed by atoms with E-state index in [0.717, 1.165) is 11.6 Å². The van der Waals surface area contributed by atoms with E-state index in [4.69, 9.17) is 0 Å². The Labute approximate surface area is 83.8 Å². The lowest BCUT2D eigenvalue weighted by Crippen LogP contribution is -2.34. The number of aryl methyl sites for hydroxylation is 1. The van der Waals surface area contributed by atoms with Crippen molar-refractivity contribution in [2.45, 2.75) is 25.8 Å². The number of nitrogens with one attached hydrogen (secondary N) is 1. The standard InChI is InChI=1S/C11H16N2O/c1-8-5-10(6-8)12-9-3-4-11(14)13(2)7-9/h3-4,7-8,10,12H,5-6H2,1-2H3. The van der Waals surface area contributed by atoms with Gasteiger partial charge in [-0.3, -0.25) is 4.79 Å². The average Bonchev–Trinajstić information content (AvgIpc) is 2.09. The molecule has 0 atom stereocenters. The highest BCUT2D eigenvalue weighted by Crippen LogP contribution is 2.28. The minimum atomic E-state index is 0.0394. The molecule has 0 aliphatic heterocycles. The minimum absolute atomic E-state index is 0.0394. The van der Waals surface area contributed by atoms with Crippen molar-refractivity contribution in [1.82, 2.24) is 4.57 Å². The molecule has 76 valence electrons. The summed E-state index contributed by atoms with van der Waals surface area (Å²) in [5.74, 6) is 0.847. The number of rotatable bonds is 2. The van der Waals surface area contributed by atoms with Crippen LogP contribution in [0.3, 0.4) is 0 Å².